The van der Waals surface area contributed by atoms with Crippen LogP contribution in [0.25, 0.3) is 0 Å². The summed E-state index contributed by atoms with van der Waals surface area (Å²) in [7, 11) is 0. The van der Waals surface area contributed by atoms with Crippen LogP contribution >= 0.6 is 39.3 Å². The van der Waals surface area contributed by atoms with Crippen molar-refractivity contribution in [1.82, 2.24) is 0 Å². The fourth-order valence-electron chi connectivity index (χ4n) is 1.35. The van der Waals surface area contributed by atoms with Crippen LogP contribution in [0.5, 0.6) is 0 Å². The normalized spacial score (nSPS) is 18.4. The van der Waals surface area contributed by atoms with Crippen molar-refractivity contribution in [2.45, 2.75) is 19.4 Å². The second-order valence-electron chi connectivity index (χ2n) is 4.27. The average molecular weight is 320 g/mol. The average Bonchev–Trinajstić information content (AvgIpc) is 2.51. The van der Waals surface area contributed by atoms with Gasteiger partial charge in [0.25, 0.3) is 0 Å². The molecule has 0 radical (unpaired) electrons. The molecular weight excluding hydrogens is 308 g/mol. The van der Waals surface area contributed by atoms with E-state index < -0.39 is 0 Å². The number of nitrogens with one attached hydrogen (secondary N) is 1. The molecule has 0 fully saturated rings. The molecule has 1 N–H and O–H groups in total. The Morgan fingerprint density at radius 3 is 2.81 bits per heavy atom. The zero-order chi connectivity index (χ0) is 11.8. The van der Waals surface area contributed by atoms with Crippen molar-refractivity contribution >= 4 is 50.1 Å². The van der Waals surface area contributed by atoms with Crippen LogP contribution in [0.1, 0.15) is 13.8 Å². The van der Waals surface area contributed by atoms with Gasteiger partial charge < -0.3 is 5.32 Å². The van der Waals surface area contributed by atoms with E-state index in [9.17, 15) is 0 Å². The summed E-state index contributed by atoms with van der Waals surface area (Å²) in [6.45, 7) is 4.26. The summed E-state index contributed by atoms with van der Waals surface area (Å²) in [5.74, 6) is 1.01. The number of hydrogen-bond donors (Lipinski definition) is 1. The number of nitrogens with zero attached hydrogens (tertiary/aromatic N) is 1. The number of amidine groups is 1. The van der Waals surface area contributed by atoms with Crippen LogP contribution in [0, 0.1) is 0 Å². The highest BCUT2D eigenvalue weighted by Crippen LogP contribution is 2.31. The van der Waals surface area contributed by atoms with E-state index in [2.05, 4.69) is 40.1 Å². The molecule has 1 aliphatic rings. The zero-order valence-electron chi connectivity index (χ0n) is 9.05. The number of rotatable bonds is 1. The number of aliphatic imine (C=N–C) groups is 1. The quantitative estimate of drug-likeness (QED) is 0.830. The molecule has 1 aliphatic heterocycles. The predicted molar refractivity (Wildman–Crippen MR) is 76.7 cm³/mol. The van der Waals surface area contributed by atoms with Gasteiger partial charge in [-0.25, -0.2) is 0 Å². The van der Waals surface area contributed by atoms with Gasteiger partial charge in [-0.3, -0.25) is 4.99 Å². The molecule has 0 unspecified atom stereocenters. The van der Waals surface area contributed by atoms with Gasteiger partial charge in [0.05, 0.1) is 11.2 Å². The maximum absolute atomic E-state index is 5.89. The summed E-state index contributed by atoms with van der Waals surface area (Å²) in [5.41, 5.74) is 1.03. The third-order valence-corrected chi connectivity index (χ3v) is 4.35. The fraction of sp³-hybridized carbons (Fsp3) is 0.364. The number of halogens is 2. The molecule has 86 valence electrons. The number of benzene rings is 1. The summed E-state index contributed by atoms with van der Waals surface area (Å²) < 4.78 is 0.952. The molecule has 16 heavy (non-hydrogen) atoms. The SMILES string of the molecule is CC1(C)CSC(Nc2ccc(Cl)cc2Br)=N1. The molecule has 0 atom stereocenters. The van der Waals surface area contributed by atoms with Crippen LogP contribution in [0.4, 0.5) is 5.69 Å². The molecule has 0 aromatic heterocycles. The maximum Gasteiger partial charge on any atom is 0.161 e. The van der Waals surface area contributed by atoms with E-state index in [4.69, 9.17) is 11.6 Å². The van der Waals surface area contributed by atoms with E-state index in [-0.39, 0.29) is 5.54 Å². The smallest absolute Gasteiger partial charge is 0.161 e. The van der Waals surface area contributed by atoms with Crippen molar-refractivity contribution in [3.63, 3.8) is 0 Å². The third-order valence-electron chi connectivity index (χ3n) is 2.14. The lowest BCUT2D eigenvalue weighted by atomic mass is 10.1. The molecule has 1 aromatic rings. The number of hydrogen-bond acceptors (Lipinski definition) is 3. The first-order valence-electron chi connectivity index (χ1n) is 4.91. The van der Waals surface area contributed by atoms with Crippen molar-refractivity contribution in [2.75, 3.05) is 11.1 Å². The number of anilines is 1. The molecule has 1 heterocycles. The first-order valence-corrected chi connectivity index (χ1v) is 7.07. The van der Waals surface area contributed by atoms with Gasteiger partial charge in [-0.05, 0) is 48.0 Å². The highest BCUT2D eigenvalue weighted by Gasteiger charge is 2.25. The van der Waals surface area contributed by atoms with Gasteiger partial charge in [-0.2, -0.15) is 0 Å². The second-order valence-corrected chi connectivity index (χ2v) is 6.52. The molecule has 0 saturated heterocycles. The number of thioether (sulfide) groups is 1. The highest BCUT2D eigenvalue weighted by molar-refractivity contribution is 9.10. The van der Waals surface area contributed by atoms with Gasteiger partial charge in [-0.1, -0.05) is 23.4 Å². The molecule has 0 amide bonds. The van der Waals surface area contributed by atoms with Crippen LogP contribution in [-0.2, 0) is 0 Å². The Hall–Kier alpha value is -0.190. The van der Waals surface area contributed by atoms with E-state index in [1.165, 1.54) is 0 Å². The van der Waals surface area contributed by atoms with Crippen molar-refractivity contribution in [3.05, 3.63) is 27.7 Å². The first kappa shape index (κ1) is 12.3. The topological polar surface area (TPSA) is 24.4 Å². The fourth-order valence-corrected chi connectivity index (χ4v) is 3.18. The minimum absolute atomic E-state index is 0.0336. The Bertz CT molecular complexity index is 446. The van der Waals surface area contributed by atoms with Gasteiger partial charge in [0.2, 0.25) is 0 Å². The van der Waals surface area contributed by atoms with Gasteiger partial charge in [0, 0.05) is 15.2 Å². The van der Waals surface area contributed by atoms with Crippen molar-refractivity contribution in [1.29, 1.82) is 0 Å². The summed E-state index contributed by atoms with van der Waals surface area (Å²) in [5, 5.41) is 4.99. The lowest BCUT2D eigenvalue weighted by Crippen LogP contribution is -2.15. The minimum Gasteiger partial charge on any atom is -0.334 e. The largest absolute Gasteiger partial charge is 0.334 e. The van der Waals surface area contributed by atoms with Gasteiger partial charge in [0.1, 0.15) is 0 Å². The van der Waals surface area contributed by atoms with E-state index in [0.717, 1.165) is 26.1 Å². The Labute approximate surface area is 113 Å². The minimum atomic E-state index is 0.0336. The second kappa shape index (κ2) is 4.59. The van der Waals surface area contributed by atoms with Gasteiger partial charge >= 0.3 is 0 Å². The van der Waals surface area contributed by atoms with E-state index in [1.807, 2.05) is 18.2 Å². The lowest BCUT2D eigenvalue weighted by Gasteiger charge is -2.09. The van der Waals surface area contributed by atoms with Crippen LogP contribution in [0.2, 0.25) is 5.02 Å². The lowest BCUT2D eigenvalue weighted by molar-refractivity contribution is 0.605. The zero-order valence-corrected chi connectivity index (χ0v) is 12.2. The van der Waals surface area contributed by atoms with E-state index in [1.54, 1.807) is 11.8 Å². The molecule has 0 bridgehead atoms. The Morgan fingerprint density at radius 1 is 1.50 bits per heavy atom. The molecule has 1 aromatic carbocycles. The Balaban J connectivity index is 2.16. The molecule has 0 spiro atoms. The standard InChI is InChI=1S/C11H12BrClN2S/c1-11(2)6-16-10(15-11)14-9-4-3-7(13)5-8(9)12/h3-5H,6H2,1-2H3,(H,14,15). The van der Waals surface area contributed by atoms with E-state index >= 15 is 0 Å². The van der Waals surface area contributed by atoms with Crippen LogP contribution < -0.4 is 5.32 Å². The monoisotopic (exact) mass is 318 g/mol. The van der Waals surface area contributed by atoms with E-state index in [0.29, 0.717) is 0 Å². The van der Waals surface area contributed by atoms with Crippen LogP contribution in [-0.4, -0.2) is 16.5 Å². The Morgan fingerprint density at radius 2 is 2.25 bits per heavy atom. The van der Waals surface area contributed by atoms with Crippen LogP contribution in [0.15, 0.2) is 27.7 Å². The van der Waals surface area contributed by atoms with Crippen molar-refractivity contribution in [2.24, 2.45) is 4.99 Å². The molecule has 2 nitrogen and oxygen atoms in total. The summed E-state index contributed by atoms with van der Waals surface area (Å²) in [6.07, 6.45) is 0. The third kappa shape index (κ3) is 2.93. The van der Waals surface area contributed by atoms with Crippen LogP contribution in [0.3, 0.4) is 0 Å². The molecule has 0 saturated carbocycles. The van der Waals surface area contributed by atoms with Gasteiger partial charge in [0.15, 0.2) is 5.17 Å². The summed E-state index contributed by atoms with van der Waals surface area (Å²) in [6, 6.07) is 5.68. The molecular formula is C11H12BrClN2S. The van der Waals surface area contributed by atoms with Crippen molar-refractivity contribution < 1.29 is 0 Å². The summed E-state index contributed by atoms with van der Waals surface area (Å²) in [4.78, 5) is 4.59. The Kier molecular flexibility index (Phi) is 3.52. The highest BCUT2D eigenvalue weighted by atomic mass is 79.9. The van der Waals surface area contributed by atoms with Crippen molar-refractivity contribution in [3.8, 4) is 0 Å². The molecule has 0 aliphatic carbocycles. The maximum atomic E-state index is 5.89. The molecule has 5 heteroatoms. The summed E-state index contributed by atoms with van der Waals surface area (Å²) >= 11 is 11.1. The van der Waals surface area contributed by atoms with Gasteiger partial charge in [-0.15, -0.1) is 0 Å². The molecule has 2 rings (SSSR count). The predicted octanol–water partition coefficient (Wildman–Crippen LogP) is 4.40. The first-order chi connectivity index (χ1) is 7.46.